The predicted molar refractivity (Wildman–Crippen MR) is 59.7 cm³/mol. The SMILES string of the molecule is COCC(NC(=O)c1cccc(C)n1)C(=O)O. The molecule has 0 saturated heterocycles. The lowest BCUT2D eigenvalue weighted by Gasteiger charge is -2.13. The third-order valence-corrected chi connectivity index (χ3v) is 2.06. The zero-order valence-corrected chi connectivity index (χ0v) is 9.64. The minimum Gasteiger partial charge on any atom is -0.480 e. The molecule has 6 heteroatoms. The molecule has 0 saturated carbocycles. The summed E-state index contributed by atoms with van der Waals surface area (Å²) in [5.41, 5.74) is 0.878. The Balaban J connectivity index is 2.73. The topological polar surface area (TPSA) is 88.5 Å². The van der Waals surface area contributed by atoms with Crippen molar-refractivity contribution in [2.75, 3.05) is 13.7 Å². The molecule has 0 aliphatic rings. The third-order valence-electron chi connectivity index (χ3n) is 2.06. The number of hydrogen-bond donors (Lipinski definition) is 2. The van der Waals surface area contributed by atoms with Crippen LogP contribution in [-0.4, -0.2) is 41.7 Å². The molecule has 1 aromatic rings. The number of aromatic nitrogens is 1. The summed E-state index contributed by atoms with van der Waals surface area (Å²) in [6.45, 7) is 1.66. The van der Waals surface area contributed by atoms with Crippen molar-refractivity contribution >= 4 is 11.9 Å². The monoisotopic (exact) mass is 238 g/mol. The molecule has 17 heavy (non-hydrogen) atoms. The maximum Gasteiger partial charge on any atom is 0.328 e. The number of nitrogens with one attached hydrogen (secondary N) is 1. The molecule has 0 bridgehead atoms. The van der Waals surface area contributed by atoms with Crippen molar-refractivity contribution < 1.29 is 19.4 Å². The number of amides is 1. The van der Waals surface area contributed by atoms with Gasteiger partial charge in [-0.25, -0.2) is 9.78 Å². The van der Waals surface area contributed by atoms with Crippen LogP contribution in [0.25, 0.3) is 0 Å². The van der Waals surface area contributed by atoms with Crippen molar-refractivity contribution in [3.63, 3.8) is 0 Å². The summed E-state index contributed by atoms with van der Waals surface area (Å²) in [5, 5.41) is 11.2. The lowest BCUT2D eigenvalue weighted by atomic mass is 10.2. The number of pyridine rings is 1. The molecule has 0 radical (unpaired) electrons. The van der Waals surface area contributed by atoms with Crippen LogP contribution in [0.5, 0.6) is 0 Å². The van der Waals surface area contributed by atoms with E-state index in [1.54, 1.807) is 19.1 Å². The van der Waals surface area contributed by atoms with Gasteiger partial charge in [-0.1, -0.05) is 6.07 Å². The van der Waals surface area contributed by atoms with Crippen LogP contribution < -0.4 is 5.32 Å². The van der Waals surface area contributed by atoms with E-state index in [9.17, 15) is 9.59 Å². The molecule has 0 fully saturated rings. The van der Waals surface area contributed by atoms with Crippen molar-refractivity contribution in [3.05, 3.63) is 29.6 Å². The molecule has 1 atom stereocenters. The van der Waals surface area contributed by atoms with E-state index in [0.717, 1.165) is 0 Å². The Morgan fingerprint density at radius 2 is 2.24 bits per heavy atom. The van der Waals surface area contributed by atoms with Gasteiger partial charge >= 0.3 is 5.97 Å². The number of hydrogen-bond acceptors (Lipinski definition) is 4. The van der Waals surface area contributed by atoms with Crippen LogP contribution in [0.2, 0.25) is 0 Å². The van der Waals surface area contributed by atoms with Crippen LogP contribution in [0.15, 0.2) is 18.2 Å². The highest BCUT2D eigenvalue weighted by Crippen LogP contribution is 1.99. The summed E-state index contributed by atoms with van der Waals surface area (Å²) >= 11 is 0. The van der Waals surface area contributed by atoms with Gasteiger partial charge in [0.25, 0.3) is 5.91 Å². The maximum atomic E-state index is 11.7. The van der Waals surface area contributed by atoms with Gasteiger partial charge < -0.3 is 15.2 Å². The fourth-order valence-electron chi connectivity index (χ4n) is 1.24. The molecule has 0 aliphatic carbocycles. The van der Waals surface area contributed by atoms with Crippen LogP contribution in [0.4, 0.5) is 0 Å². The molecule has 1 amide bonds. The summed E-state index contributed by atoms with van der Waals surface area (Å²) in [7, 11) is 1.37. The van der Waals surface area contributed by atoms with Crippen molar-refractivity contribution in [1.82, 2.24) is 10.3 Å². The Bertz CT molecular complexity index is 420. The quantitative estimate of drug-likeness (QED) is 0.766. The number of carboxylic acids is 1. The first-order valence-electron chi connectivity index (χ1n) is 5.01. The Kier molecular flexibility index (Phi) is 4.59. The number of nitrogens with zero attached hydrogens (tertiary/aromatic N) is 1. The number of rotatable bonds is 5. The minimum atomic E-state index is -1.15. The normalized spacial score (nSPS) is 11.9. The summed E-state index contributed by atoms with van der Waals surface area (Å²) in [6, 6.07) is 3.88. The van der Waals surface area contributed by atoms with Crippen LogP contribution in [-0.2, 0) is 9.53 Å². The second kappa shape index (κ2) is 5.95. The van der Waals surface area contributed by atoms with Crippen molar-refractivity contribution in [2.45, 2.75) is 13.0 Å². The summed E-state index contributed by atoms with van der Waals surface area (Å²) in [5.74, 6) is -1.67. The van der Waals surface area contributed by atoms with Gasteiger partial charge in [-0.2, -0.15) is 0 Å². The number of aliphatic carboxylic acids is 1. The average molecular weight is 238 g/mol. The number of carbonyl (C=O) groups excluding carboxylic acids is 1. The summed E-state index contributed by atoms with van der Waals surface area (Å²) in [4.78, 5) is 26.5. The first-order valence-corrected chi connectivity index (χ1v) is 5.01. The van der Waals surface area contributed by atoms with Gasteiger partial charge in [0.2, 0.25) is 0 Å². The molecule has 0 spiro atoms. The average Bonchev–Trinajstić information content (AvgIpc) is 2.28. The Morgan fingerprint density at radius 3 is 2.76 bits per heavy atom. The van der Waals surface area contributed by atoms with Gasteiger partial charge in [0, 0.05) is 12.8 Å². The lowest BCUT2D eigenvalue weighted by Crippen LogP contribution is -2.44. The van der Waals surface area contributed by atoms with Crippen molar-refractivity contribution in [2.24, 2.45) is 0 Å². The molecule has 1 rings (SSSR count). The van der Waals surface area contributed by atoms with Gasteiger partial charge in [0.05, 0.1) is 6.61 Å². The number of ether oxygens (including phenoxy) is 1. The standard InChI is InChI=1S/C11H14N2O4/c1-7-4-3-5-8(12-7)10(14)13-9(6-17-2)11(15)16/h3-5,9H,6H2,1-2H3,(H,13,14)(H,15,16). The van der Waals surface area contributed by atoms with Gasteiger partial charge in [-0.3, -0.25) is 4.79 Å². The van der Waals surface area contributed by atoms with E-state index in [1.165, 1.54) is 13.2 Å². The largest absolute Gasteiger partial charge is 0.480 e. The van der Waals surface area contributed by atoms with E-state index in [-0.39, 0.29) is 12.3 Å². The second-order valence-electron chi connectivity index (χ2n) is 3.48. The van der Waals surface area contributed by atoms with Crippen LogP contribution in [0.1, 0.15) is 16.2 Å². The van der Waals surface area contributed by atoms with Gasteiger partial charge in [-0.05, 0) is 19.1 Å². The smallest absolute Gasteiger partial charge is 0.328 e. The summed E-state index contributed by atoms with van der Waals surface area (Å²) in [6.07, 6.45) is 0. The Hall–Kier alpha value is -1.95. The van der Waals surface area contributed by atoms with E-state index in [4.69, 9.17) is 9.84 Å². The van der Waals surface area contributed by atoms with Gasteiger partial charge in [0.15, 0.2) is 6.04 Å². The van der Waals surface area contributed by atoms with E-state index in [0.29, 0.717) is 5.69 Å². The first-order chi connectivity index (χ1) is 8.04. The number of aryl methyl sites for hydroxylation is 1. The number of carbonyl (C=O) groups is 2. The molecule has 1 aromatic heterocycles. The Labute approximate surface area is 98.6 Å². The fourth-order valence-corrected chi connectivity index (χ4v) is 1.24. The first kappa shape index (κ1) is 13.1. The highest BCUT2D eigenvalue weighted by atomic mass is 16.5. The van der Waals surface area contributed by atoms with Crippen LogP contribution in [0.3, 0.4) is 0 Å². The predicted octanol–water partition coefficient (Wildman–Crippen LogP) is 0.219. The molecule has 92 valence electrons. The third kappa shape index (κ3) is 3.84. The molecule has 0 aromatic carbocycles. The molecule has 1 heterocycles. The number of methoxy groups -OCH3 is 1. The molecule has 2 N–H and O–H groups in total. The van der Waals surface area contributed by atoms with Crippen molar-refractivity contribution in [1.29, 1.82) is 0 Å². The second-order valence-corrected chi connectivity index (χ2v) is 3.48. The zero-order chi connectivity index (χ0) is 12.8. The fraction of sp³-hybridized carbons (Fsp3) is 0.364. The van der Waals surface area contributed by atoms with E-state index >= 15 is 0 Å². The maximum absolute atomic E-state index is 11.7. The highest BCUT2D eigenvalue weighted by Gasteiger charge is 2.20. The van der Waals surface area contributed by atoms with Crippen molar-refractivity contribution in [3.8, 4) is 0 Å². The van der Waals surface area contributed by atoms with E-state index in [2.05, 4.69) is 10.3 Å². The molecule has 0 aliphatic heterocycles. The van der Waals surface area contributed by atoms with Gasteiger partial charge in [0.1, 0.15) is 5.69 Å². The van der Waals surface area contributed by atoms with E-state index < -0.39 is 17.9 Å². The molecular formula is C11H14N2O4. The molecular weight excluding hydrogens is 224 g/mol. The van der Waals surface area contributed by atoms with Gasteiger partial charge in [-0.15, -0.1) is 0 Å². The Morgan fingerprint density at radius 1 is 1.53 bits per heavy atom. The minimum absolute atomic E-state index is 0.0904. The highest BCUT2D eigenvalue weighted by molar-refractivity contribution is 5.95. The molecule has 1 unspecified atom stereocenters. The van der Waals surface area contributed by atoms with Crippen LogP contribution >= 0.6 is 0 Å². The van der Waals surface area contributed by atoms with E-state index in [1.807, 2.05) is 0 Å². The molecule has 6 nitrogen and oxygen atoms in total. The number of carboxylic acid groups (broad SMARTS) is 1. The zero-order valence-electron chi connectivity index (χ0n) is 9.64. The van der Waals surface area contributed by atoms with Crippen LogP contribution in [0, 0.1) is 6.92 Å². The summed E-state index contributed by atoms with van der Waals surface area (Å²) < 4.78 is 4.71. The lowest BCUT2D eigenvalue weighted by molar-refractivity contribution is -0.140.